The summed E-state index contributed by atoms with van der Waals surface area (Å²) in [6.07, 6.45) is 0.676. The molecular formula is C8H10LiNO4. The zero-order valence-electron chi connectivity index (χ0n) is 6.86. The summed E-state index contributed by atoms with van der Waals surface area (Å²) in [5.74, 6) is -2.44. The van der Waals surface area contributed by atoms with E-state index in [-0.39, 0.29) is 24.4 Å². The van der Waals surface area contributed by atoms with Crippen LogP contribution in [0.4, 0.5) is 0 Å². The predicted molar refractivity (Wildman–Crippen MR) is 52.0 cm³/mol. The number of hydrogen-bond acceptors (Lipinski definition) is 3. The van der Waals surface area contributed by atoms with E-state index in [0.717, 1.165) is 0 Å². The fourth-order valence-corrected chi connectivity index (χ4v) is 0.258. The number of rotatable bonds is 3. The van der Waals surface area contributed by atoms with E-state index in [1.54, 1.807) is 6.07 Å². The molecule has 0 aromatic carbocycles. The summed E-state index contributed by atoms with van der Waals surface area (Å²) in [5.41, 5.74) is -0.303. The van der Waals surface area contributed by atoms with E-state index in [1.807, 2.05) is 0 Å². The minimum absolute atomic E-state index is 0. The topological polar surface area (TPSA) is 98.4 Å². The third-order valence-electron chi connectivity index (χ3n) is 0.758. The fourth-order valence-electron chi connectivity index (χ4n) is 0.258. The second kappa shape index (κ2) is 11.5. The van der Waals surface area contributed by atoms with Crippen molar-refractivity contribution in [2.24, 2.45) is 0 Å². The third kappa shape index (κ3) is 16.9. The molecule has 0 radical (unpaired) electrons. The van der Waals surface area contributed by atoms with Crippen LogP contribution in [0.1, 0.15) is 6.42 Å². The Bertz CT molecular complexity index is 267. The van der Waals surface area contributed by atoms with Crippen LogP contribution in [-0.2, 0) is 9.59 Å². The van der Waals surface area contributed by atoms with E-state index in [4.69, 9.17) is 15.5 Å². The van der Waals surface area contributed by atoms with Crippen molar-refractivity contribution >= 4 is 30.8 Å². The van der Waals surface area contributed by atoms with Crippen molar-refractivity contribution in [1.29, 1.82) is 5.26 Å². The van der Waals surface area contributed by atoms with Crippen LogP contribution in [0, 0.1) is 11.3 Å². The number of carboxylic acids is 2. The Morgan fingerprint density at radius 3 is 1.86 bits per heavy atom. The molecule has 0 bridgehead atoms. The van der Waals surface area contributed by atoms with Gasteiger partial charge in [-0.3, -0.25) is 4.79 Å². The Balaban J connectivity index is -0.000000209. The van der Waals surface area contributed by atoms with Crippen LogP contribution in [0.5, 0.6) is 0 Å². The molecule has 0 aliphatic carbocycles. The SMILES string of the molecule is C=C(CC(=O)O)C(=O)O.C=CC#N.[LiH]. The van der Waals surface area contributed by atoms with Crippen molar-refractivity contribution in [2.75, 3.05) is 0 Å². The Morgan fingerprint density at radius 1 is 1.43 bits per heavy atom. The molecular weight excluding hydrogens is 181 g/mol. The number of carboxylic acid groups (broad SMARTS) is 2. The quantitative estimate of drug-likeness (QED) is 0.375. The normalized spacial score (nSPS) is 6.50. The Kier molecular flexibility index (Phi) is 15.1. The molecule has 0 atom stereocenters. The van der Waals surface area contributed by atoms with Gasteiger partial charge in [0.15, 0.2) is 0 Å². The van der Waals surface area contributed by atoms with E-state index in [0.29, 0.717) is 0 Å². The van der Waals surface area contributed by atoms with Crippen molar-refractivity contribution in [1.82, 2.24) is 0 Å². The van der Waals surface area contributed by atoms with Crippen LogP contribution in [0.3, 0.4) is 0 Å². The van der Waals surface area contributed by atoms with Gasteiger partial charge < -0.3 is 10.2 Å². The number of aliphatic carboxylic acids is 2. The molecule has 14 heavy (non-hydrogen) atoms. The standard InChI is InChI=1S/C5H6O4.C3H3N.Li.H/c1-3(5(8)9)2-4(6)7;1-2-3-4;;/h1-2H2,(H,6,7)(H,8,9);2H,1H2;;. The van der Waals surface area contributed by atoms with Crippen molar-refractivity contribution in [2.45, 2.75) is 6.42 Å². The zero-order valence-corrected chi connectivity index (χ0v) is 6.86. The number of hydrogen-bond donors (Lipinski definition) is 2. The van der Waals surface area contributed by atoms with Crippen LogP contribution in [0.2, 0.25) is 0 Å². The van der Waals surface area contributed by atoms with Gasteiger partial charge in [0, 0.05) is 11.6 Å². The van der Waals surface area contributed by atoms with E-state index in [1.165, 1.54) is 6.08 Å². The van der Waals surface area contributed by atoms with Gasteiger partial charge in [0.2, 0.25) is 0 Å². The summed E-state index contributed by atoms with van der Waals surface area (Å²) >= 11 is 0. The molecule has 0 aliphatic rings. The van der Waals surface area contributed by atoms with Gasteiger partial charge in [-0.1, -0.05) is 13.2 Å². The molecule has 0 saturated carbocycles. The van der Waals surface area contributed by atoms with E-state index in [2.05, 4.69) is 13.2 Å². The zero-order chi connectivity index (χ0) is 10.9. The van der Waals surface area contributed by atoms with E-state index in [9.17, 15) is 9.59 Å². The molecule has 0 saturated heterocycles. The first-order chi connectivity index (χ1) is 5.95. The molecule has 0 aromatic rings. The van der Waals surface area contributed by atoms with Crippen molar-refractivity contribution in [3.8, 4) is 6.07 Å². The second-order valence-corrected chi connectivity index (χ2v) is 1.81. The van der Waals surface area contributed by atoms with Crippen molar-refractivity contribution in [3.05, 3.63) is 24.8 Å². The van der Waals surface area contributed by atoms with Crippen LogP contribution >= 0.6 is 0 Å². The Hall–Kier alpha value is -1.49. The fraction of sp³-hybridized carbons (Fsp3) is 0.125. The predicted octanol–water partition coefficient (Wildman–Crippen LogP) is 0.149. The molecule has 2 N–H and O–H groups in total. The van der Waals surface area contributed by atoms with E-state index < -0.39 is 18.4 Å². The molecule has 0 heterocycles. The van der Waals surface area contributed by atoms with Crippen LogP contribution in [0.15, 0.2) is 24.8 Å². The van der Waals surface area contributed by atoms with Crippen LogP contribution < -0.4 is 0 Å². The molecule has 6 heteroatoms. The van der Waals surface area contributed by atoms with E-state index >= 15 is 0 Å². The van der Waals surface area contributed by atoms with Crippen LogP contribution in [-0.4, -0.2) is 41.0 Å². The number of allylic oxidation sites excluding steroid dienone is 1. The molecule has 72 valence electrons. The summed E-state index contributed by atoms with van der Waals surface area (Å²) in [7, 11) is 0. The maximum atomic E-state index is 9.87. The average molecular weight is 191 g/mol. The van der Waals surface area contributed by atoms with Gasteiger partial charge in [-0.05, 0) is 0 Å². The molecule has 0 unspecified atom stereocenters. The number of carbonyl (C=O) groups is 2. The van der Waals surface area contributed by atoms with Crippen molar-refractivity contribution in [3.63, 3.8) is 0 Å². The maximum absolute atomic E-state index is 9.87. The monoisotopic (exact) mass is 191 g/mol. The summed E-state index contributed by atoms with van der Waals surface area (Å²) in [6.45, 7) is 6.13. The summed E-state index contributed by atoms with van der Waals surface area (Å²) in [5, 5.41) is 23.6. The molecule has 0 aliphatic heterocycles. The summed E-state index contributed by atoms with van der Waals surface area (Å²) < 4.78 is 0. The second-order valence-electron chi connectivity index (χ2n) is 1.81. The molecule has 0 rings (SSSR count). The van der Waals surface area contributed by atoms with Gasteiger partial charge in [0.25, 0.3) is 0 Å². The number of nitrogens with zero attached hydrogens (tertiary/aromatic N) is 1. The first-order valence-corrected chi connectivity index (χ1v) is 3.09. The van der Waals surface area contributed by atoms with Gasteiger partial charge in [0.1, 0.15) is 0 Å². The molecule has 0 aromatic heterocycles. The van der Waals surface area contributed by atoms with Gasteiger partial charge in [-0.15, -0.1) is 0 Å². The van der Waals surface area contributed by atoms with Gasteiger partial charge in [0.05, 0.1) is 12.5 Å². The van der Waals surface area contributed by atoms with Gasteiger partial charge in [-0.25, -0.2) is 4.79 Å². The minimum atomic E-state index is -1.27. The molecule has 0 amide bonds. The molecule has 5 nitrogen and oxygen atoms in total. The Morgan fingerprint density at radius 2 is 1.79 bits per heavy atom. The Labute approximate surface area is 93.5 Å². The first-order valence-electron chi connectivity index (χ1n) is 3.09. The van der Waals surface area contributed by atoms with Crippen molar-refractivity contribution < 1.29 is 19.8 Å². The van der Waals surface area contributed by atoms with Gasteiger partial charge >= 0.3 is 30.8 Å². The third-order valence-corrected chi connectivity index (χ3v) is 0.758. The summed E-state index contributed by atoms with van der Waals surface area (Å²) in [4.78, 5) is 19.7. The first kappa shape index (κ1) is 18.3. The summed E-state index contributed by atoms with van der Waals surface area (Å²) in [6, 6.07) is 1.69. The average Bonchev–Trinajstić information content (AvgIpc) is 2.03. The molecule has 0 spiro atoms. The molecule has 0 fully saturated rings. The van der Waals surface area contributed by atoms with Crippen LogP contribution in [0.25, 0.3) is 0 Å². The van der Waals surface area contributed by atoms with Gasteiger partial charge in [-0.2, -0.15) is 5.26 Å². The number of nitriles is 1.